The number of fused-ring (bicyclic) bond motifs is 1. The molecule has 1 unspecified atom stereocenters. The maximum absolute atomic E-state index is 15.3. The molecule has 14 heteroatoms. The number of nitrogens with zero attached hydrogens (tertiary/aromatic N) is 7. The van der Waals surface area contributed by atoms with Crippen molar-refractivity contribution in [1.82, 2.24) is 30.0 Å². The second kappa shape index (κ2) is 9.47. The molecule has 4 heterocycles. The smallest absolute Gasteiger partial charge is 0.586 e. The third kappa shape index (κ3) is 4.71. The highest BCUT2D eigenvalue weighted by Gasteiger charge is 2.43. The third-order valence-corrected chi connectivity index (χ3v) is 7.44. The van der Waals surface area contributed by atoms with E-state index in [-0.39, 0.29) is 27.6 Å². The van der Waals surface area contributed by atoms with Gasteiger partial charge in [-0.1, -0.05) is 30.5 Å². The van der Waals surface area contributed by atoms with E-state index in [4.69, 9.17) is 11.6 Å². The van der Waals surface area contributed by atoms with Gasteiger partial charge in [-0.25, -0.2) is 4.39 Å². The quantitative estimate of drug-likeness (QED) is 0.189. The molecule has 2 aromatic carbocycles. The van der Waals surface area contributed by atoms with Gasteiger partial charge in [-0.3, -0.25) is 4.68 Å². The molecule has 3 aromatic heterocycles. The molecule has 1 aliphatic heterocycles. The van der Waals surface area contributed by atoms with Gasteiger partial charge in [0, 0.05) is 17.8 Å². The summed E-state index contributed by atoms with van der Waals surface area (Å²) in [6, 6.07) is 10.3. The average molecular weight is 582 g/mol. The van der Waals surface area contributed by atoms with Crippen LogP contribution in [0, 0.1) is 16.9 Å². The van der Waals surface area contributed by atoms with Crippen molar-refractivity contribution < 1.29 is 27.4 Å². The third-order valence-electron chi connectivity index (χ3n) is 7.15. The van der Waals surface area contributed by atoms with E-state index in [1.165, 1.54) is 35.4 Å². The van der Waals surface area contributed by atoms with E-state index in [9.17, 15) is 14.0 Å². The van der Waals surface area contributed by atoms with Crippen molar-refractivity contribution in [3.05, 3.63) is 89.1 Å². The van der Waals surface area contributed by atoms with Crippen LogP contribution in [0.2, 0.25) is 5.02 Å². The van der Waals surface area contributed by atoms with Gasteiger partial charge in [0.1, 0.15) is 12.4 Å². The van der Waals surface area contributed by atoms with Crippen LogP contribution >= 0.6 is 11.6 Å². The molecular weight excluding hydrogens is 563 g/mol. The topological polar surface area (TPSA) is 107 Å². The highest BCUT2D eigenvalue weighted by atomic mass is 35.5. The Morgan fingerprint density at radius 2 is 1.88 bits per heavy atom. The van der Waals surface area contributed by atoms with E-state index in [0.29, 0.717) is 39.6 Å². The number of halogens is 4. The molecule has 0 amide bonds. The van der Waals surface area contributed by atoms with Gasteiger partial charge in [0.25, 0.3) is 0 Å². The zero-order chi connectivity index (χ0) is 28.3. The Morgan fingerprint density at radius 3 is 2.63 bits per heavy atom. The summed E-state index contributed by atoms with van der Waals surface area (Å²) >= 11 is 6.08. The van der Waals surface area contributed by atoms with Gasteiger partial charge in [0.05, 0.1) is 28.0 Å². The summed E-state index contributed by atoms with van der Waals surface area (Å²) in [5.74, 6) is -0.404. The van der Waals surface area contributed by atoms with Crippen LogP contribution < -0.4 is 14.2 Å². The normalized spacial score (nSPS) is 16.2. The first-order valence-electron chi connectivity index (χ1n) is 12.6. The number of ether oxygens (including phenoxy) is 2. The van der Waals surface area contributed by atoms with Crippen LogP contribution in [0.5, 0.6) is 11.5 Å². The zero-order valence-corrected chi connectivity index (χ0v) is 21.7. The van der Waals surface area contributed by atoms with Gasteiger partial charge < -0.3 is 14.7 Å². The Hall–Kier alpha value is -4.65. The van der Waals surface area contributed by atoms with Crippen LogP contribution in [0.3, 0.4) is 0 Å². The summed E-state index contributed by atoms with van der Waals surface area (Å²) in [5.41, 5.74) is 2.34. The second-order valence-electron chi connectivity index (χ2n) is 9.91. The van der Waals surface area contributed by atoms with Crippen LogP contribution in [0.1, 0.15) is 31.0 Å². The fraction of sp³-hybridized carbons (Fsp3) is 0.222. The van der Waals surface area contributed by atoms with Gasteiger partial charge >= 0.3 is 6.29 Å². The monoisotopic (exact) mass is 581 g/mol. The number of rotatable bonds is 7. The molecule has 2 aliphatic rings. The average Bonchev–Trinajstić information content (AvgIpc) is 3.30. The maximum Gasteiger partial charge on any atom is 0.586 e. The van der Waals surface area contributed by atoms with Crippen LogP contribution in [0.25, 0.3) is 27.9 Å². The van der Waals surface area contributed by atoms with Gasteiger partial charge in [0.2, 0.25) is 5.69 Å². The van der Waals surface area contributed by atoms with Crippen LogP contribution in [0.15, 0.2) is 67.4 Å². The summed E-state index contributed by atoms with van der Waals surface area (Å²) in [7, 11) is 0. The molecule has 1 aliphatic carbocycles. The summed E-state index contributed by atoms with van der Waals surface area (Å²) in [4.78, 5) is 0. The minimum Gasteiger partial charge on any atom is -0.618 e. The maximum atomic E-state index is 15.3. The number of alkyl halides is 2. The number of benzene rings is 2. The van der Waals surface area contributed by atoms with Crippen LogP contribution in [-0.2, 0) is 0 Å². The number of tetrazole rings is 1. The van der Waals surface area contributed by atoms with Gasteiger partial charge in [-0.15, -0.1) is 13.9 Å². The Morgan fingerprint density at radius 1 is 1.07 bits per heavy atom. The second-order valence-corrected chi connectivity index (χ2v) is 10.3. The predicted octanol–water partition coefficient (Wildman–Crippen LogP) is 5.33. The lowest BCUT2D eigenvalue weighted by atomic mass is 10.0. The standard InChI is InChI=1S/C27H19ClF3N7O3/c28-19-5-7-21(37-14-32-34-35-37)25(26(19)29)17-3-6-20(38(39)13-17)22(9-15-1-2-15)36-12-18(11-33-36)16-4-8-23-24(10-16)41-27(30,31)40-23/h3-8,10-15,22H,1-2,9H2. The molecule has 5 aromatic rings. The van der Waals surface area contributed by atoms with Crippen LogP contribution in [0.4, 0.5) is 13.2 Å². The summed E-state index contributed by atoms with van der Waals surface area (Å²) in [6.07, 6.45) is 5.00. The number of pyridine rings is 1. The van der Waals surface area contributed by atoms with Gasteiger partial charge in [0.15, 0.2) is 23.5 Å². The summed E-state index contributed by atoms with van der Waals surface area (Å²) < 4.78 is 55.0. The number of aromatic nitrogens is 7. The van der Waals surface area contributed by atoms with E-state index in [2.05, 4.69) is 30.1 Å². The molecule has 1 atom stereocenters. The van der Waals surface area contributed by atoms with Crippen molar-refractivity contribution in [2.24, 2.45) is 5.92 Å². The summed E-state index contributed by atoms with van der Waals surface area (Å²) in [6.45, 7) is 0. The minimum atomic E-state index is -3.71. The van der Waals surface area contributed by atoms with E-state index >= 15 is 4.39 Å². The zero-order valence-electron chi connectivity index (χ0n) is 21.0. The van der Waals surface area contributed by atoms with E-state index in [1.807, 2.05) is 0 Å². The highest BCUT2D eigenvalue weighted by Crippen LogP contribution is 2.44. The Labute approximate surface area is 235 Å². The van der Waals surface area contributed by atoms with E-state index in [0.717, 1.165) is 12.8 Å². The molecular formula is C27H19ClF3N7O3. The van der Waals surface area contributed by atoms with E-state index < -0.39 is 18.2 Å². The molecule has 10 nitrogen and oxygen atoms in total. The Kier molecular flexibility index (Phi) is 5.85. The molecule has 0 radical (unpaired) electrons. The Balaban J connectivity index is 1.24. The lowest BCUT2D eigenvalue weighted by Gasteiger charge is -2.18. The van der Waals surface area contributed by atoms with Gasteiger partial charge in [-0.2, -0.15) is 14.5 Å². The van der Waals surface area contributed by atoms with Crippen LogP contribution in [-0.4, -0.2) is 36.3 Å². The molecule has 0 N–H and O–H groups in total. The molecule has 0 saturated heterocycles. The summed E-state index contributed by atoms with van der Waals surface area (Å²) in [5, 5.41) is 28.9. The van der Waals surface area contributed by atoms with Crippen molar-refractivity contribution >= 4 is 11.6 Å². The van der Waals surface area contributed by atoms with Crippen molar-refractivity contribution in [3.8, 4) is 39.4 Å². The molecule has 1 saturated carbocycles. The lowest BCUT2D eigenvalue weighted by molar-refractivity contribution is -0.615. The largest absolute Gasteiger partial charge is 0.618 e. The number of hydrogen-bond acceptors (Lipinski definition) is 7. The molecule has 7 rings (SSSR count). The SMILES string of the molecule is [O-][n+]1cc(-c2c(-n3cnnn3)ccc(Cl)c2F)ccc1C(CC1CC1)n1cc(-c2ccc3c(c2)OC(F)(F)O3)cn1. The van der Waals surface area contributed by atoms with E-state index in [1.54, 1.807) is 41.3 Å². The highest BCUT2D eigenvalue weighted by molar-refractivity contribution is 6.31. The molecule has 41 heavy (non-hydrogen) atoms. The first-order valence-corrected chi connectivity index (χ1v) is 13.0. The predicted molar refractivity (Wildman–Crippen MR) is 138 cm³/mol. The lowest BCUT2D eigenvalue weighted by Crippen LogP contribution is -2.35. The van der Waals surface area contributed by atoms with Crippen molar-refractivity contribution in [2.45, 2.75) is 31.6 Å². The van der Waals surface area contributed by atoms with Crippen molar-refractivity contribution in [2.75, 3.05) is 0 Å². The molecule has 208 valence electrons. The van der Waals surface area contributed by atoms with Gasteiger partial charge in [-0.05, 0) is 58.7 Å². The van der Waals surface area contributed by atoms with Crippen molar-refractivity contribution in [3.63, 3.8) is 0 Å². The molecule has 0 spiro atoms. The first-order chi connectivity index (χ1) is 19.8. The first kappa shape index (κ1) is 25.3. The minimum absolute atomic E-state index is 0.0513. The van der Waals surface area contributed by atoms with Crippen molar-refractivity contribution in [1.29, 1.82) is 0 Å². The fourth-order valence-electron chi connectivity index (χ4n) is 5.00. The molecule has 0 bridgehead atoms. The number of hydrogen-bond donors (Lipinski definition) is 0. The Bertz CT molecular complexity index is 1780. The fourth-order valence-corrected chi connectivity index (χ4v) is 5.15. The molecule has 1 fully saturated rings.